The van der Waals surface area contributed by atoms with Crippen LogP contribution in [0.5, 0.6) is 5.75 Å². The lowest BCUT2D eigenvalue weighted by Crippen LogP contribution is -2.40. The van der Waals surface area contributed by atoms with Gasteiger partial charge in [0.2, 0.25) is 5.91 Å². The summed E-state index contributed by atoms with van der Waals surface area (Å²) >= 11 is 0. The highest BCUT2D eigenvalue weighted by Gasteiger charge is 2.34. The number of hydrogen-bond acceptors (Lipinski definition) is 3. The SMILES string of the molecule is O=C(O)[C@@H]1CCCN1C(=O)CCc1ccccc1OC(F)(F)F. The van der Waals surface area contributed by atoms with Crippen LogP contribution in [0, 0.1) is 0 Å². The Balaban J connectivity index is 2.01. The van der Waals surface area contributed by atoms with Gasteiger partial charge in [-0.1, -0.05) is 18.2 Å². The van der Waals surface area contributed by atoms with Gasteiger partial charge in [0.1, 0.15) is 11.8 Å². The van der Waals surface area contributed by atoms with Crippen molar-refractivity contribution < 1.29 is 32.6 Å². The molecule has 5 nitrogen and oxygen atoms in total. The average molecular weight is 331 g/mol. The third kappa shape index (κ3) is 4.61. The van der Waals surface area contributed by atoms with Gasteiger partial charge in [0, 0.05) is 13.0 Å². The molecule has 1 aromatic rings. The number of alkyl halides is 3. The smallest absolute Gasteiger partial charge is 0.480 e. The monoisotopic (exact) mass is 331 g/mol. The summed E-state index contributed by atoms with van der Waals surface area (Å²) in [6.07, 6.45) is -3.81. The Morgan fingerprint density at radius 1 is 1.30 bits per heavy atom. The second-order valence-electron chi connectivity index (χ2n) is 5.24. The van der Waals surface area contributed by atoms with Crippen molar-refractivity contribution in [2.24, 2.45) is 0 Å². The van der Waals surface area contributed by atoms with E-state index < -0.39 is 18.4 Å². The summed E-state index contributed by atoms with van der Waals surface area (Å²) in [5.41, 5.74) is 0.254. The zero-order chi connectivity index (χ0) is 17.0. The number of hydrogen-bond donors (Lipinski definition) is 1. The number of ether oxygens (including phenoxy) is 1. The maximum Gasteiger partial charge on any atom is 0.573 e. The molecule has 0 saturated carbocycles. The number of benzene rings is 1. The van der Waals surface area contributed by atoms with E-state index in [4.69, 9.17) is 5.11 Å². The lowest BCUT2D eigenvalue weighted by atomic mass is 10.1. The Morgan fingerprint density at radius 3 is 2.65 bits per heavy atom. The molecule has 0 unspecified atom stereocenters. The zero-order valence-electron chi connectivity index (χ0n) is 12.2. The van der Waals surface area contributed by atoms with Gasteiger partial charge in [-0.3, -0.25) is 4.79 Å². The summed E-state index contributed by atoms with van der Waals surface area (Å²) in [6.45, 7) is 0.358. The van der Waals surface area contributed by atoms with Crippen molar-refractivity contribution in [3.8, 4) is 5.75 Å². The van der Waals surface area contributed by atoms with Crippen LogP contribution >= 0.6 is 0 Å². The maximum absolute atomic E-state index is 12.3. The number of aliphatic carboxylic acids is 1. The quantitative estimate of drug-likeness (QED) is 0.901. The molecule has 1 heterocycles. The number of nitrogens with zero attached hydrogens (tertiary/aromatic N) is 1. The molecular weight excluding hydrogens is 315 g/mol. The Bertz CT molecular complexity index is 588. The molecule has 2 rings (SSSR count). The molecule has 1 aromatic carbocycles. The Kier molecular flexibility index (Phi) is 5.12. The number of carbonyl (C=O) groups is 2. The molecule has 1 amide bonds. The van der Waals surface area contributed by atoms with Gasteiger partial charge in [-0.05, 0) is 30.9 Å². The van der Waals surface area contributed by atoms with Crippen LogP contribution in [-0.2, 0) is 16.0 Å². The lowest BCUT2D eigenvalue weighted by molar-refractivity contribution is -0.274. The number of likely N-dealkylation sites (tertiary alicyclic amines) is 1. The minimum Gasteiger partial charge on any atom is -0.480 e. The first-order valence-electron chi connectivity index (χ1n) is 7.14. The first-order valence-corrected chi connectivity index (χ1v) is 7.14. The van der Waals surface area contributed by atoms with E-state index in [0.717, 1.165) is 0 Å². The molecule has 0 aliphatic carbocycles. The summed E-state index contributed by atoms with van der Waals surface area (Å²) in [6, 6.07) is 4.76. The van der Waals surface area contributed by atoms with Crippen molar-refractivity contribution >= 4 is 11.9 Å². The number of amides is 1. The average Bonchev–Trinajstić information content (AvgIpc) is 2.94. The van der Waals surface area contributed by atoms with Crippen LogP contribution in [0.2, 0.25) is 0 Å². The fourth-order valence-corrected chi connectivity index (χ4v) is 2.64. The van der Waals surface area contributed by atoms with Crippen LogP contribution < -0.4 is 4.74 Å². The molecule has 126 valence electrons. The highest BCUT2D eigenvalue weighted by Crippen LogP contribution is 2.27. The van der Waals surface area contributed by atoms with Crippen molar-refractivity contribution in [1.82, 2.24) is 4.90 Å². The molecule has 0 bridgehead atoms. The van der Waals surface area contributed by atoms with Gasteiger partial charge in [-0.25, -0.2) is 4.79 Å². The van der Waals surface area contributed by atoms with Gasteiger partial charge in [0.25, 0.3) is 0 Å². The second kappa shape index (κ2) is 6.89. The van der Waals surface area contributed by atoms with Gasteiger partial charge >= 0.3 is 12.3 Å². The van der Waals surface area contributed by atoms with Crippen LogP contribution in [-0.4, -0.2) is 40.8 Å². The van der Waals surface area contributed by atoms with E-state index >= 15 is 0 Å². The molecule has 0 radical (unpaired) electrons. The van der Waals surface area contributed by atoms with Gasteiger partial charge in [0.15, 0.2) is 0 Å². The van der Waals surface area contributed by atoms with Crippen molar-refractivity contribution in [2.45, 2.75) is 38.1 Å². The summed E-state index contributed by atoms with van der Waals surface area (Å²) in [5, 5.41) is 9.05. The van der Waals surface area contributed by atoms with E-state index in [1.54, 1.807) is 6.07 Å². The third-order valence-electron chi connectivity index (χ3n) is 3.66. The second-order valence-corrected chi connectivity index (χ2v) is 5.24. The fraction of sp³-hybridized carbons (Fsp3) is 0.467. The number of para-hydroxylation sites is 1. The number of halogens is 3. The van der Waals surface area contributed by atoms with E-state index in [0.29, 0.717) is 19.4 Å². The van der Waals surface area contributed by atoms with Crippen molar-refractivity contribution in [3.05, 3.63) is 29.8 Å². The third-order valence-corrected chi connectivity index (χ3v) is 3.66. The first-order chi connectivity index (χ1) is 10.8. The number of carboxylic acids is 1. The standard InChI is InChI=1S/C15H16F3NO4/c16-15(17,18)23-12-6-2-1-4-10(12)7-8-13(20)19-9-3-5-11(19)14(21)22/h1-2,4,6,11H,3,5,7-9H2,(H,21,22)/t11-/m0/s1. The zero-order valence-corrected chi connectivity index (χ0v) is 12.2. The van der Waals surface area contributed by atoms with Crippen LogP contribution in [0.4, 0.5) is 13.2 Å². The summed E-state index contributed by atoms with van der Waals surface area (Å²) in [4.78, 5) is 24.5. The minimum atomic E-state index is -4.80. The molecule has 0 aromatic heterocycles. The largest absolute Gasteiger partial charge is 0.573 e. The van der Waals surface area contributed by atoms with Crippen LogP contribution in [0.3, 0.4) is 0 Å². The van der Waals surface area contributed by atoms with Crippen LogP contribution in [0.1, 0.15) is 24.8 Å². The van der Waals surface area contributed by atoms with E-state index in [2.05, 4.69) is 4.74 Å². The molecular formula is C15H16F3NO4. The lowest BCUT2D eigenvalue weighted by Gasteiger charge is -2.21. The molecule has 23 heavy (non-hydrogen) atoms. The number of carboxylic acid groups (broad SMARTS) is 1. The number of carbonyl (C=O) groups excluding carboxylic acids is 1. The van der Waals surface area contributed by atoms with Gasteiger partial charge in [-0.15, -0.1) is 13.2 Å². The first kappa shape index (κ1) is 17.1. The molecule has 0 spiro atoms. The molecule has 1 aliphatic rings. The normalized spacial score (nSPS) is 18.0. The van der Waals surface area contributed by atoms with Gasteiger partial charge in [-0.2, -0.15) is 0 Å². The van der Waals surface area contributed by atoms with Crippen LogP contribution in [0.15, 0.2) is 24.3 Å². The van der Waals surface area contributed by atoms with Crippen molar-refractivity contribution in [2.75, 3.05) is 6.54 Å². The Hall–Kier alpha value is -2.25. The summed E-state index contributed by atoms with van der Waals surface area (Å²) < 4.78 is 41.0. The highest BCUT2D eigenvalue weighted by molar-refractivity contribution is 5.84. The molecule has 1 aliphatic heterocycles. The van der Waals surface area contributed by atoms with E-state index in [9.17, 15) is 22.8 Å². The number of rotatable bonds is 5. The Morgan fingerprint density at radius 2 is 2.00 bits per heavy atom. The fourth-order valence-electron chi connectivity index (χ4n) is 2.64. The predicted molar refractivity (Wildman–Crippen MR) is 73.8 cm³/mol. The van der Waals surface area contributed by atoms with Crippen molar-refractivity contribution in [3.63, 3.8) is 0 Å². The topological polar surface area (TPSA) is 66.8 Å². The molecule has 1 fully saturated rings. The number of aryl methyl sites for hydroxylation is 1. The molecule has 1 atom stereocenters. The highest BCUT2D eigenvalue weighted by atomic mass is 19.4. The van der Waals surface area contributed by atoms with Gasteiger partial charge in [0.05, 0.1) is 0 Å². The summed E-state index contributed by atoms with van der Waals surface area (Å²) in [7, 11) is 0. The van der Waals surface area contributed by atoms with Crippen molar-refractivity contribution in [1.29, 1.82) is 0 Å². The Labute approximate surface area is 130 Å². The molecule has 8 heteroatoms. The molecule has 1 saturated heterocycles. The maximum atomic E-state index is 12.3. The van der Waals surface area contributed by atoms with E-state index in [1.165, 1.54) is 23.1 Å². The van der Waals surface area contributed by atoms with E-state index in [1.807, 2.05) is 0 Å². The molecule has 1 N–H and O–H groups in total. The van der Waals surface area contributed by atoms with Crippen LogP contribution in [0.25, 0.3) is 0 Å². The predicted octanol–water partition coefficient (Wildman–Crippen LogP) is 2.59. The minimum absolute atomic E-state index is 0.0495. The summed E-state index contributed by atoms with van der Waals surface area (Å²) in [5.74, 6) is -1.78. The van der Waals surface area contributed by atoms with Gasteiger partial charge < -0.3 is 14.7 Å². The van der Waals surface area contributed by atoms with E-state index in [-0.39, 0.29) is 30.1 Å².